The van der Waals surface area contributed by atoms with E-state index >= 15 is 0 Å². The first-order chi connectivity index (χ1) is 7.43. The van der Waals surface area contributed by atoms with Gasteiger partial charge >= 0.3 is 0 Å². The highest BCUT2D eigenvalue weighted by Gasteiger charge is 2.16. The normalized spacial score (nSPS) is 10.9. The Kier molecular flexibility index (Phi) is 4.12. The highest BCUT2D eigenvalue weighted by Crippen LogP contribution is 2.15. The van der Waals surface area contributed by atoms with E-state index in [9.17, 15) is 13.6 Å². The van der Waals surface area contributed by atoms with Crippen molar-refractivity contribution < 1.29 is 13.6 Å². The number of benzene rings is 1. The van der Waals surface area contributed by atoms with Gasteiger partial charge in [0.1, 0.15) is 0 Å². The van der Waals surface area contributed by atoms with Crippen molar-refractivity contribution in [2.24, 2.45) is 0 Å². The average Bonchev–Trinajstić information content (AvgIpc) is 2.23. The molecule has 0 aliphatic rings. The zero-order chi connectivity index (χ0) is 12.3. The molecule has 88 valence electrons. The van der Waals surface area contributed by atoms with Crippen LogP contribution in [-0.4, -0.2) is 18.4 Å². The minimum absolute atomic E-state index is 0.0110. The molecule has 0 bridgehead atoms. The second-order valence-electron chi connectivity index (χ2n) is 4.02. The summed E-state index contributed by atoms with van der Waals surface area (Å²) < 4.78 is 26.6. The molecule has 0 aliphatic carbocycles. The van der Waals surface area contributed by atoms with Crippen LogP contribution in [0.15, 0.2) is 12.1 Å². The summed E-state index contributed by atoms with van der Waals surface area (Å²) in [4.78, 5) is 11.6. The number of Topliss-reactive ketones (excluding diaryl/α,β-unsaturated/α-hetero) is 1. The van der Waals surface area contributed by atoms with Gasteiger partial charge in [-0.2, -0.15) is 0 Å². The number of carbonyl (C=O) groups excluding carboxylic acids is 1. The van der Waals surface area contributed by atoms with Gasteiger partial charge in [-0.25, -0.2) is 8.78 Å². The predicted octanol–water partition coefficient (Wildman–Crippen LogP) is 2.45. The highest BCUT2D eigenvalue weighted by atomic mass is 19.2. The highest BCUT2D eigenvalue weighted by molar-refractivity contribution is 5.97. The summed E-state index contributed by atoms with van der Waals surface area (Å²) >= 11 is 0. The van der Waals surface area contributed by atoms with Crippen LogP contribution in [0.1, 0.15) is 29.8 Å². The topological polar surface area (TPSA) is 29.1 Å². The molecule has 1 aromatic carbocycles. The maximum Gasteiger partial charge on any atom is 0.179 e. The first-order valence-electron chi connectivity index (χ1n) is 5.14. The summed E-state index contributed by atoms with van der Waals surface area (Å²) in [5.41, 5.74) is 0.00196. The van der Waals surface area contributed by atoms with Gasteiger partial charge in [-0.3, -0.25) is 4.79 Å². The summed E-state index contributed by atoms with van der Waals surface area (Å²) in [6.07, 6.45) is 0. The molecule has 0 radical (unpaired) electrons. The fourth-order valence-electron chi connectivity index (χ4n) is 1.25. The Morgan fingerprint density at radius 3 is 2.50 bits per heavy atom. The summed E-state index contributed by atoms with van der Waals surface area (Å²) in [6, 6.07) is 2.85. The number of halogens is 2. The number of carbonyl (C=O) groups is 1. The second-order valence-corrected chi connectivity index (χ2v) is 4.02. The molecule has 0 atom stereocenters. The van der Waals surface area contributed by atoms with Gasteiger partial charge < -0.3 is 5.32 Å². The summed E-state index contributed by atoms with van der Waals surface area (Å²) in [6.45, 7) is 5.22. The number of rotatable bonds is 4. The zero-order valence-corrected chi connectivity index (χ0v) is 9.60. The maximum absolute atomic E-state index is 13.4. The van der Waals surface area contributed by atoms with Crippen molar-refractivity contribution in [3.8, 4) is 0 Å². The zero-order valence-electron chi connectivity index (χ0n) is 9.60. The van der Waals surface area contributed by atoms with Gasteiger partial charge in [-0.15, -0.1) is 0 Å². The Labute approximate surface area is 93.7 Å². The molecule has 2 nitrogen and oxygen atoms in total. The van der Waals surface area contributed by atoms with E-state index in [4.69, 9.17) is 0 Å². The molecule has 0 saturated heterocycles. The largest absolute Gasteiger partial charge is 0.307 e. The Bertz CT molecular complexity index is 402. The smallest absolute Gasteiger partial charge is 0.179 e. The molecule has 0 spiro atoms. The Morgan fingerprint density at radius 2 is 1.94 bits per heavy atom. The third-order valence-corrected chi connectivity index (χ3v) is 2.25. The Morgan fingerprint density at radius 1 is 1.31 bits per heavy atom. The van der Waals surface area contributed by atoms with Crippen LogP contribution < -0.4 is 5.32 Å². The molecule has 0 fully saturated rings. The third-order valence-electron chi connectivity index (χ3n) is 2.25. The fraction of sp³-hybridized carbons (Fsp3) is 0.417. The Balaban J connectivity index is 2.88. The maximum atomic E-state index is 13.4. The van der Waals surface area contributed by atoms with Crippen molar-refractivity contribution in [3.63, 3.8) is 0 Å². The summed E-state index contributed by atoms with van der Waals surface area (Å²) in [7, 11) is 0. The number of hydrogen-bond acceptors (Lipinski definition) is 2. The molecular weight excluding hydrogens is 212 g/mol. The lowest BCUT2D eigenvalue weighted by molar-refractivity contribution is 0.0983. The number of hydrogen-bond donors (Lipinski definition) is 1. The lowest BCUT2D eigenvalue weighted by Gasteiger charge is -2.08. The van der Waals surface area contributed by atoms with Gasteiger partial charge in [-0.05, 0) is 18.6 Å². The van der Waals surface area contributed by atoms with Crippen molar-refractivity contribution in [2.45, 2.75) is 26.8 Å². The van der Waals surface area contributed by atoms with Crippen LogP contribution in [0.3, 0.4) is 0 Å². The van der Waals surface area contributed by atoms with E-state index in [1.807, 2.05) is 13.8 Å². The average molecular weight is 227 g/mol. The van der Waals surface area contributed by atoms with Crippen LogP contribution in [0.2, 0.25) is 0 Å². The van der Waals surface area contributed by atoms with Gasteiger partial charge in [0.05, 0.1) is 12.1 Å². The summed E-state index contributed by atoms with van der Waals surface area (Å²) in [5.74, 6) is -2.45. The van der Waals surface area contributed by atoms with Gasteiger partial charge in [0, 0.05) is 6.04 Å². The number of nitrogens with one attached hydrogen (secondary N) is 1. The summed E-state index contributed by atoms with van der Waals surface area (Å²) in [5, 5.41) is 2.87. The van der Waals surface area contributed by atoms with Gasteiger partial charge in [0.2, 0.25) is 0 Å². The van der Waals surface area contributed by atoms with Gasteiger partial charge in [0.25, 0.3) is 0 Å². The van der Waals surface area contributed by atoms with Crippen molar-refractivity contribution >= 4 is 5.78 Å². The minimum atomic E-state index is -1.06. The SMILES string of the molecule is Cc1ccc(C(=O)CNC(C)C)c(F)c1F. The molecule has 1 rings (SSSR count). The standard InChI is InChI=1S/C12H15F2NO/c1-7(2)15-6-10(16)9-5-4-8(3)11(13)12(9)14/h4-5,7,15H,6H2,1-3H3. The third kappa shape index (κ3) is 2.85. The minimum Gasteiger partial charge on any atom is -0.307 e. The lowest BCUT2D eigenvalue weighted by Crippen LogP contribution is -2.29. The van der Waals surface area contributed by atoms with Crippen molar-refractivity contribution in [2.75, 3.05) is 6.54 Å². The van der Waals surface area contributed by atoms with Crippen LogP contribution in [0.5, 0.6) is 0 Å². The van der Waals surface area contributed by atoms with Crippen molar-refractivity contribution in [1.82, 2.24) is 5.32 Å². The molecule has 0 amide bonds. The first kappa shape index (κ1) is 12.8. The van der Waals surface area contributed by atoms with Crippen LogP contribution in [0.4, 0.5) is 8.78 Å². The Hall–Kier alpha value is -1.29. The lowest BCUT2D eigenvalue weighted by atomic mass is 10.1. The van der Waals surface area contributed by atoms with E-state index in [0.29, 0.717) is 0 Å². The van der Waals surface area contributed by atoms with E-state index in [0.717, 1.165) is 0 Å². The molecule has 0 unspecified atom stereocenters. The molecule has 16 heavy (non-hydrogen) atoms. The monoisotopic (exact) mass is 227 g/mol. The van der Waals surface area contributed by atoms with Crippen molar-refractivity contribution in [1.29, 1.82) is 0 Å². The molecule has 1 N–H and O–H groups in total. The van der Waals surface area contributed by atoms with E-state index in [2.05, 4.69) is 5.32 Å². The molecular formula is C12H15F2NO. The quantitative estimate of drug-likeness (QED) is 0.800. The first-order valence-corrected chi connectivity index (χ1v) is 5.14. The van der Waals surface area contributed by atoms with Crippen LogP contribution in [-0.2, 0) is 0 Å². The predicted molar refractivity (Wildman–Crippen MR) is 58.6 cm³/mol. The van der Waals surface area contributed by atoms with E-state index in [1.165, 1.54) is 19.1 Å². The molecule has 1 aromatic rings. The second kappa shape index (κ2) is 5.16. The van der Waals surface area contributed by atoms with E-state index in [1.54, 1.807) is 0 Å². The van der Waals surface area contributed by atoms with Crippen LogP contribution in [0, 0.1) is 18.6 Å². The van der Waals surface area contributed by atoms with E-state index in [-0.39, 0.29) is 23.7 Å². The van der Waals surface area contributed by atoms with Crippen LogP contribution in [0.25, 0.3) is 0 Å². The van der Waals surface area contributed by atoms with Crippen LogP contribution >= 0.6 is 0 Å². The molecule has 0 heterocycles. The fourth-order valence-corrected chi connectivity index (χ4v) is 1.25. The van der Waals surface area contributed by atoms with Gasteiger partial charge in [-0.1, -0.05) is 19.9 Å². The number of aryl methyl sites for hydroxylation is 1. The molecule has 4 heteroatoms. The van der Waals surface area contributed by atoms with Gasteiger partial charge in [0.15, 0.2) is 17.4 Å². The molecule has 0 aliphatic heterocycles. The molecule has 0 aromatic heterocycles. The van der Waals surface area contributed by atoms with Crippen molar-refractivity contribution in [3.05, 3.63) is 34.9 Å². The molecule has 0 saturated carbocycles. The van der Waals surface area contributed by atoms with E-state index < -0.39 is 17.4 Å². The number of ketones is 1.